The Bertz CT molecular complexity index is 64.8. The summed E-state index contributed by atoms with van der Waals surface area (Å²) in [5, 5.41) is 2.98. The average molecular weight is 132 g/mol. The number of rotatable bonds is 4. The van der Waals surface area contributed by atoms with Crippen molar-refractivity contribution in [2.24, 2.45) is 0 Å². The largest absolute Gasteiger partial charge is 0.333 e. The molecule has 0 saturated heterocycles. The van der Waals surface area contributed by atoms with Crippen LogP contribution in [0.15, 0.2) is 12.3 Å². The normalized spacial score (nSPS) is 8.75. The summed E-state index contributed by atoms with van der Waals surface area (Å²) >= 11 is 1.56. The Labute approximate surface area is 54.9 Å². The van der Waals surface area contributed by atoms with E-state index in [0.29, 0.717) is 0 Å². The summed E-state index contributed by atoms with van der Waals surface area (Å²) in [6.07, 6.45) is 1.97. The molecule has 0 saturated carbocycles. The highest BCUT2D eigenvalue weighted by Crippen LogP contribution is 1.88. The SMILES string of the molecule is C=C(CNC)NSC. The van der Waals surface area contributed by atoms with Gasteiger partial charge >= 0.3 is 0 Å². The van der Waals surface area contributed by atoms with E-state index < -0.39 is 0 Å². The van der Waals surface area contributed by atoms with E-state index in [0.717, 1.165) is 12.2 Å². The topological polar surface area (TPSA) is 24.1 Å². The number of likely N-dealkylation sites (N-methyl/N-ethyl adjacent to an activating group) is 1. The van der Waals surface area contributed by atoms with Crippen LogP contribution in [0.3, 0.4) is 0 Å². The van der Waals surface area contributed by atoms with E-state index in [2.05, 4.69) is 16.6 Å². The maximum absolute atomic E-state index is 3.74. The summed E-state index contributed by atoms with van der Waals surface area (Å²) < 4.78 is 3.01. The highest BCUT2D eigenvalue weighted by atomic mass is 32.2. The minimum absolute atomic E-state index is 0.834. The molecule has 0 aromatic rings. The third-order valence-electron chi connectivity index (χ3n) is 0.637. The van der Waals surface area contributed by atoms with Crippen LogP contribution in [0.25, 0.3) is 0 Å². The van der Waals surface area contributed by atoms with E-state index in [1.165, 1.54) is 0 Å². The first-order valence-electron chi connectivity index (χ1n) is 2.42. The summed E-state index contributed by atoms with van der Waals surface area (Å²) in [7, 11) is 1.90. The first kappa shape index (κ1) is 7.85. The summed E-state index contributed by atoms with van der Waals surface area (Å²) in [6, 6.07) is 0. The van der Waals surface area contributed by atoms with Gasteiger partial charge in [-0.15, -0.1) is 0 Å². The molecular weight excluding hydrogens is 120 g/mol. The Hall–Kier alpha value is -0.150. The highest BCUT2D eigenvalue weighted by molar-refractivity contribution is 7.96. The molecule has 2 N–H and O–H groups in total. The van der Waals surface area contributed by atoms with Gasteiger partial charge in [-0.3, -0.25) is 0 Å². The summed E-state index contributed by atoms with van der Waals surface area (Å²) in [6.45, 7) is 4.57. The monoisotopic (exact) mass is 132 g/mol. The molecule has 0 aliphatic heterocycles. The van der Waals surface area contributed by atoms with Crippen molar-refractivity contribution >= 4 is 11.9 Å². The zero-order chi connectivity index (χ0) is 6.41. The molecule has 0 rings (SSSR count). The summed E-state index contributed by atoms with van der Waals surface area (Å²) in [5.41, 5.74) is 1.01. The first-order valence-corrected chi connectivity index (χ1v) is 3.65. The fraction of sp³-hybridized carbons (Fsp3) is 0.600. The van der Waals surface area contributed by atoms with E-state index in [4.69, 9.17) is 0 Å². The second kappa shape index (κ2) is 5.00. The van der Waals surface area contributed by atoms with Gasteiger partial charge in [-0.2, -0.15) is 0 Å². The van der Waals surface area contributed by atoms with Gasteiger partial charge in [-0.25, -0.2) is 0 Å². The first-order chi connectivity index (χ1) is 3.81. The van der Waals surface area contributed by atoms with Crippen LogP contribution in [0.5, 0.6) is 0 Å². The predicted octanol–water partition coefficient (Wildman–Crippen LogP) is 0.587. The van der Waals surface area contributed by atoms with Crippen LogP contribution in [0.1, 0.15) is 0 Å². The maximum Gasteiger partial charge on any atom is 0.0353 e. The van der Waals surface area contributed by atoms with Crippen molar-refractivity contribution in [3.63, 3.8) is 0 Å². The Morgan fingerprint density at radius 3 is 2.75 bits per heavy atom. The van der Waals surface area contributed by atoms with Crippen LogP contribution in [0.4, 0.5) is 0 Å². The van der Waals surface area contributed by atoms with Gasteiger partial charge in [0.15, 0.2) is 0 Å². The second-order valence-electron chi connectivity index (χ2n) is 1.44. The minimum atomic E-state index is 0.834. The molecule has 0 aromatic carbocycles. The molecule has 0 aliphatic carbocycles. The quantitative estimate of drug-likeness (QED) is 0.547. The molecule has 0 aliphatic rings. The highest BCUT2D eigenvalue weighted by Gasteiger charge is 1.84. The lowest BCUT2D eigenvalue weighted by atomic mass is 10.5. The summed E-state index contributed by atoms with van der Waals surface area (Å²) in [4.78, 5) is 0. The third kappa shape index (κ3) is 4.02. The molecule has 0 spiro atoms. The number of hydrogen-bond donors (Lipinski definition) is 2. The third-order valence-corrected chi connectivity index (χ3v) is 1.13. The van der Waals surface area contributed by atoms with Gasteiger partial charge in [0.25, 0.3) is 0 Å². The molecule has 0 bridgehead atoms. The van der Waals surface area contributed by atoms with Gasteiger partial charge in [0.05, 0.1) is 0 Å². The molecule has 8 heavy (non-hydrogen) atoms. The van der Waals surface area contributed by atoms with Crippen molar-refractivity contribution < 1.29 is 0 Å². The zero-order valence-corrected chi connectivity index (χ0v) is 6.14. The molecule has 0 amide bonds. The van der Waals surface area contributed by atoms with Crippen LogP contribution in [-0.4, -0.2) is 19.8 Å². The van der Waals surface area contributed by atoms with Crippen molar-refractivity contribution in [1.29, 1.82) is 0 Å². The Morgan fingerprint density at radius 2 is 2.38 bits per heavy atom. The van der Waals surface area contributed by atoms with Gasteiger partial charge in [-0.1, -0.05) is 18.5 Å². The number of hydrogen-bond acceptors (Lipinski definition) is 3. The van der Waals surface area contributed by atoms with Crippen LogP contribution >= 0.6 is 11.9 Å². The molecular formula is C5H12N2S. The molecule has 0 aromatic heterocycles. The van der Waals surface area contributed by atoms with Crippen molar-refractivity contribution in [2.75, 3.05) is 19.8 Å². The molecule has 0 atom stereocenters. The van der Waals surface area contributed by atoms with E-state index in [9.17, 15) is 0 Å². The van der Waals surface area contributed by atoms with Crippen LogP contribution in [-0.2, 0) is 0 Å². The minimum Gasteiger partial charge on any atom is -0.333 e. The van der Waals surface area contributed by atoms with Crippen molar-refractivity contribution in [2.45, 2.75) is 0 Å². The van der Waals surface area contributed by atoms with Gasteiger partial charge in [0.2, 0.25) is 0 Å². The lowest BCUT2D eigenvalue weighted by Gasteiger charge is -2.02. The van der Waals surface area contributed by atoms with Crippen LogP contribution in [0, 0.1) is 0 Å². The number of nitrogens with one attached hydrogen (secondary N) is 2. The summed E-state index contributed by atoms with van der Waals surface area (Å²) in [5.74, 6) is 0. The lowest BCUT2D eigenvalue weighted by molar-refractivity contribution is 0.859. The Balaban J connectivity index is 3.06. The fourth-order valence-corrected chi connectivity index (χ4v) is 0.755. The van der Waals surface area contributed by atoms with Crippen molar-refractivity contribution in [1.82, 2.24) is 10.0 Å². The zero-order valence-electron chi connectivity index (χ0n) is 5.32. The van der Waals surface area contributed by atoms with E-state index in [-0.39, 0.29) is 0 Å². The maximum atomic E-state index is 3.74. The Kier molecular flexibility index (Phi) is 4.90. The van der Waals surface area contributed by atoms with Gasteiger partial charge in [-0.05, 0) is 7.05 Å². The van der Waals surface area contributed by atoms with Crippen molar-refractivity contribution in [3.8, 4) is 0 Å². The van der Waals surface area contributed by atoms with Gasteiger partial charge in [0.1, 0.15) is 0 Å². The van der Waals surface area contributed by atoms with Gasteiger partial charge in [0, 0.05) is 18.5 Å². The second-order valence-corrected chi connectivity index (χ2v) is 2.05. The molecule has 0 heterocycles. The molecule has 48 valence electrons. The Morgan fingerprint density at radius 1 is 1.75 bits per heavy atom. The van der Waals surface area contributed by atoms with E-state index in [1.54, 1.807) is 11.9 Å². The molecule has 0 radical (unpaired) electrons. The van der Waals surface area contributed by atoms with Crippen LogP contribution < -0.4 is 10.0 Å². The molecule has 2 nitrogen and oxygen atoms in total. The predicted molar refractivity (Wildman–Crippen MR) is 39.7 cm³/mol. The van der Waals surface area contributed by atoms with E-state index in [1.807, 2.05) is 13.3 Å². The molecule has 0 fully saturated rings. The lowest BCUT2D eigenvalue weighted by Crippen LogP contribution is -2.16. The average Bonchev–Trinajstić information content (AvgIpc) is 1.68. The molecule has 0 unspecified atom stereocenters. The van der Waals surface area contributed by atoms with E-state index >= 15 is 0 Å². The smallest absolute Gasteiger partial charge is 0.0353 e. The molecule has 3 heteroatoms. The van der Waals surface area contributed by atoms with Gasteiger partial charge < -0.3 is 10.0 Å². The standard InChI is InChI=1S/C5H12N2S/c1-5(4-6-2)7-8-3/h6-7H,1,4H2,2-3H3. The van der Waals surface area contributed by atoms with Crippen LogP contribution in [0.2, 0.25) is 0 Å². The van der Waals surface area contributed by atoms with Crippen molar-refractivity contribution in [3.05, 3.63) is 12.3 Å². The fourth-order valence-electron chi connectivity index (χ4n) is 0.394.